The van der Waals surface area contributed by atoms with Gasteiger partial charge in [0.15, 0.2) is 5.82 Å². The van der Waals surface area contributed by atoms with Crippen LogP contribution in [-0.4, -0.2) is 16.7 Å². The lowest BCUT2D eigenvalue weighted by Crippen LogP contribution is -2.39. The molecular formula is C17H23N3O2. The van der Waals surface area contributed by atoms with Crippen molar-refractivity contribution in [1.82, 2.24) is 10.1 Å². The van der Waals surface area contributed by atoms with Crippen molar-refractivity contribution >= 4 is 0 Å². The van der Waals surface area contributed by atoms with Crippen molar-refractivity contribution < 1.29 is 9.26 Å². The second-order valence-electron chi connectivity index (χ2n) is 6.02. The SMILES string of the molecule is CCCOc1cccc(-c2nc(C3(N)CCCCC3)no2)c1. The third kappa shape index (κ3) is 3.14. The van der Waals surface area contributed by atoms with Crippen molar-refractivity contribution in [3.63, 3.8) is 0 Å². The van der Waals surface area contributed by atoms with Gasteiger partial charge < -0.3 is 15.0 Å². The van der Waals surface area contributed by atoms with Crippen molar-refractivity contribution in [2.45, 2.75) is 51.0 Å². The summed E-state index contributed by atoms with van der Waals surface area (Å²) in [5.74, 6) is 1.95. The first-order valence-electron chi connectivity index (χ1n) is 8.07. The molecule has 1 aromatic carbocycles. The maximum atomic E-state index is 6.46. The van der Waals surface area contributed by atoms with Crippen LogP contribution in [0.2, 0.25) is 0 Å². The highest BCUT2D eigenvalue weighted by molar-refractivity contribution is 5.55. The summed E-state index contributed by atoms with van der Waals surface area (Å²) in [6.07, 6.45) is 6.31. The van der Waals surface area contributed by atoms with Crippen LogP contribution in [0.5, 0.6) is 5.75 Å². The van der Waals surface area contributed by atoms with Crippen molar-refractivity contribution in [2.75, 3.05) is 6.61 Å². The highest BCUT2D eigenvalue weighted by Gasteiger charge is 2.34. The quantitative estimate of drug-likeness (QED) is 0.912. The fraction of sp³-hybridized carbons (Fsp3) is 0.529. The normalized spacial score (nSPS) is 17.4. The fourth-order valence-electron chi connectivity index (χ4n) is 2.89. The molecule has 2 aromatic rings. The van der Waals surface area contributed by atoms with E-state index >= 15 is 0 Å². The Hall–Kier alpha value is -1.88. The lowest BCUT2D eigenvalue weighted by atomic mass is 9.82. The van der Waals surface area contributed by atoms with Crippen LogP contribution in [0.4, 0.5) is 0 Å². The summed E-state index contributed by atoms with van der Waals surface area (Å²) in [6.45, 7) is 2.78. The Kier molecular flexibility index (Phi) is 4.43. The minimum absolute atomic E-state index is 0.434. The first-order valence-corrected chi connectivity index (χ1v) is 8.07. The number of ether oxygens (including phenoxy) is 1. The van der Waals surface area contributed by atoms with E-state index in [9.17, 15) is 0 Å². The molecule has 22 heavy (non-hydrogen) atoms. The van der Waals surface area contributed by atoms with Gasteiger partial charge in [0.25, 0.3) is 5.89 Å². The van der Waals surface area contributed by atoms with Gasteiger partial charge in [0.05, 0.1) is 12.1 Å². The Labute approximate surface area is 130 Å². The molecule has 5 heteroatoms. The largest absolute Gasteiger partial charge is 0.494 e. The first-order chi connectivity index (χ1) is 10.7. The van der Waals surface area contributed by atoms with E-state index in [1.54, 1.807) is 0 Å². The van der Waals surface area contributed by atoms with Gasteiger partial charge in [-0.1, -0.05) is 37.4 Å². The third-order valence-corrected chi connectivity index (χ3v) is 4.17. The molecule has 0 saturated heterocycles. The van der Waals surface area contributed by atoms with Crippen LogP contribution >= 0.6 is 0 Å². The summed E-state index contributed by atoms with van der Waals surface area (Å²) < 4.78 is 11.1. The maximum Gasteiger partial charge on any atom is 0.258 e. The summed E-state index contributed by atoms with van der Waals surface area (Å²) in [6, 6.07) is 7.74. The number of hydrogen-bond donors (Lipinski definition) is 1. The highest BCUT2D eigenvalue weighted by atomic mass is 16.5. The van der Waals surface area contributed by atoms with Crippen molar-refractivity contribution in [2.24, 2.45) is 5.73 Å². The van der Waals surface area contributed by atoms with Gasteiger partial charge in [-0.2, -0.15) is 4.98 Å². The Morgan fingerprint density at radius 2 is 2.09 bits per heavy atom. The number of hydrogen-bond acceptors (Lipinski definition) is 5. The molecule has 0 atom stereocenters. The minimum Gasteiger partial charge on any atom is -0.494 e. The highest BCUT2D eigenvalue weighted by Crippen LogP contribution is 2.34. The smallest absolute Gasteiger partial charge is 0.258 e. The number of nitrogens with two attached hydrogens (primary N) is 1. The predicted octanol–water partition coefficient (Wildman–Crippen LogP) is 3.64. The number of nitrogens with zero attached hydrogens (tertiary/aromatic N) is 2. The van der Waals surface area contributed by atoms with Gasteiger partial charge in [-0.25, -0.2) is 0 Å². The summed E-state index contributed by atoms with van der Waals surface area (Å²) in [7, 11) is 0. The Morgan fingerprint density at radius 1 is 1.27 bits per heavy atom. The zero-order valence-electron chi connectivity index (χ0n) is 13.0. The molecule has 1 fully saturated rings. The zero-order chi connectivity index (χ0) is 15.4. The summed E-state index contributed by atoms with van der Waals surface area (Å²) >= 11 is 0. The van der Waals surface area contributed by atoms with Gasteiger partial charge in [-0.3, -0.25) is 0 Å². The van der Waals surface area contributed by atoms with Crippen LogP contribution in [0, 0.1) is 0 Å². The molecule has 0 unspecified atom stereocenters. The molecule has 3 rings (SSSR count). The van der Waals surface area contributed by atoms with Crippen LogP contribution in [-0.2, 0) is 5.54 Å². The van der Waals surface area contributed by atoms with E-state index in [-0.39, 0.29) is 0 Å². The van der Waals surface area contributed by atoms with Crippen LogP contribution in [0.3, 0.4) is 0 Å². The fourth-order valence-corrected chi connectivity index (χ4v) is 2.89. The molecule has 0 aliphatic heterocycles. The van der Waals surface area contributed by atoms with Crippen LogP contribution in [0.25, 0.3) is 11.5 Å². The molecule has 1 aliphatic carbocycles. The Balaban J connectivity index is 1.81. The molecule has 0 spiro atoms. The van der Waals surface area contributed by atoms with E-state index in [4.69, 9.17) is 15.0 Å². The topological polar surface area (TPSA) is 74.2 Å². The van der Waals surface area contributed by atoms with Crippen molar-refractivity contribution in [3.05, 3.63) is 30.1 Å². The standard InChI is InChI=1S/C17H23N3O2/c1-2-11-21-14-8-6-7-13(12-14)15-19-16(20-22-15)17(18)9-4-3-5-10-17/h6-8,12H,2-5,9-11,18H2,1H3. The zero-order valence-corrected chi connectivity index (χ0v) is 13.0. The molecule has 1 heterocycles. The van der Waals surface area contributed by atoms with Crippen LogP contribution in [0.1, 0.15) is 51.3 Å². The molecule has 1 aromatic heterocycles. The average Bonchev–Trinajstić information content (AvgIpc) is 3.05. The molecule has 0 radical (unpaired) electrons. The van der Waals surface area contributed by atoms with E-state index in [2.05, 4.69) is 17.1 Å². The third-order valence-electron chi connectivity index (χ3n) is 4.17. The summed E-state index contributed by atoms with van der Waals surface area (Å²) in [5.41, 5.74) is 6.89. The second kappa shape index (κ2) is 6.48. The van der Waals surface area contributed by atoms with E-state index < -0.39 is 5.54 Å². The molecule has 1 aliphatic rings. The predicted molar refractivity (Wildman–Crippen MR) is 84.5 cm³/mol. The van der Waals surface area contributed by atoms with Gasteiger partial charge in [0, 0.05) is 5.56 Å². The summed E-state index contributed by atoms with van der Waals surface area (Å²) in [5, 5.41) is 4.13. The molecule has 2 N–H and O–H groups in total. The van der Waals surface area contributed by atoms with Crippen LogP contribution in [0.15, 0.2) is 28.8 Å². The molecule has 5 nitrogen and oxygen atoms in total. The Bertz CT molecular complexity index is 618. The molecule has 1 saturated carbocycles. The van der Waals surface area contributed by atoms with Crippen LogP contribution < -0.4 is 10.5 Å². The monoisotopic (exact) mass is 301 g/mol. The van der Waals surface area contributed by atoms with Gasteiger partial charge in [-0.05, 0) is 37.5 Å². The number of benzene rings is 1. The molecule has 118 valence electrons. The lowest BCUT2D eigenvalue weighted by molar-refractivity contribution is 0.275. The van der Waals surface area contributed by atoms with Gasteiger partial charge in [0.1, 0.15) is 5.75 Å². The van der Waals surface area contributed by atoms with E-state index in [0.717, 1.165) is 43.4 Å². The van der Waals surface area contributed by atoms with E-state index in [1.165, 1.54) is 6.42 Å². The van der Waals surface area contributed by atoms with Crippen molar-refractivity contribution in [1.29, 1.82) is 0 Å². The van der Waals surface area contributed by atoms with E-state index in [0.29, 0.717) is 18.3 Å². The molecule has 0 amide bonds. The average molecular weight is 301 g/mol. The summed E-state index contributed by atoms with van der Waals surface area (Å²) in [4.78, 5) is 4.54. The van der Waals surface area contributed by atoms with Gasteiger partial charge >= 0.3 is 0 Å². The maximum absolute atomic E-state index is 6.46. The number of rotatable bonds is 5. The first kappa shape index (κ1) is 15.0. The van der Waals surface area contributed by atoms with Crippen molar-refractivity contribution in [3.8, 4) is 17.2 Å². The van der Waals surface area contributed by atoms with Gasteiger partial charge in [0.2, 0.25) is 0 Å². The lowest BCUT2D eigenvalue weighted by Gasteiger charge is -2.29. The van der Waals surface area contributed by atoms with E-state index in [1.807, 2.05) is 24.3 Å². The molecule has 0 bridgehead atoms. The second-order valence-corrected chi connectivity index (χ2v) is 6.02. The van der Waals surface area contributed by atoms with Gasteiger partial charge in [-0.15, -0.1) is 0 Å². The molecular weight excluding hydrogens is 278 g/mol. The Morgan fingerprint density at radius 3 is 2.86 bits per heavy atom. The number of aromatic nitrogens is 2. The minimum atomic E-state index is -0.434.